The van der Waals surface area contributed by atoms with E-state index in [2.05, 4.69) is 6.08 Å². The van der Waals surface area contributed by atoms with Crippen LogP contribution in [-0.2, 0) is 16.1 Å². The van der Waals surface area contributed by atoms with E-state index in [1.54, 1.807) is 4.90 Å². The van der Waals surface area contributed by atoms with Gasteiger partial charge in [0.2, 0.25) is 0 Å². The van der Waals surface area contributed by atoms with Crippen LogP contribution in [0.1, 0.15) is 43.2 Å². The van der Waals surface area contributed by atoms with Crippen LogP contribution in [0.25, 0.3) is 5.57 Å². The Balaban J connectivity index is 1.31. The third kappa shape index (κ3) is 4.39. The van der Waals surface area contributed by atoms with E-state index in [9.17, 15) is 4.79 Å². The van der Waals surface area contributed by atoms with Crippen molar-refractivity contribution in [3.63, 3.8) is 0 Å². The van der Waals surface area contributed by atoms with Crippen molar-refractivity contribution < 1.29 is 14.3 Å². The first kappa shape index (κ1) is 17.8. The van der Waals surface area contributed by atoms with Crippen molar-refractivity contribution in [3.05, 3.63) is 59.9 Å². The van der Waals surface area contributed by atoms with Crippen LogP contribution in [0.3, 0.4) is 0 Å². The van der Waals surface area contributed by atoms with Gasteiger partial charge in [0.1, 0.15) is 12.8 Å². The maximum atomic E-state index is 12.3. The Labute approximate surface area is 159 Å². The van der Waals surface area contributed by atoms with E-state index < -0.39 is 0 Å². The minimum atomic E-state index is -0.268. The second-order valence-corrected chi connectivity index (χ2v) is 6.97. The Morgan fingerprint density at radius 2 is 2.11 bits per heavy atom. The normalized spacial score (nSPS) is 20.2. The monoisotopic (exact) mass is 367 g/mol. The number of hydrogen-bond donors (Lipinski definition) is 0. The maximum Gasteiger partial charge on any atom is 0.410 e. The largest absolute Gasteiger partial charge is 0.445 e. The van der Waals surface area contributed by atoms with Gasteiger partial charge in [-0.3, -0.25) is 0 Å². The third-order valence-electron chi connectivity index (χ3n) is 5.06. The summed E-state index contributed by atoms with van der Waals surface area (Å²) in [5.74, 6) is 0. The minimum Gasteiger partial charge on any atom is -0.445 e. The molecular weight excluding hydrogens is 342 g/mol. The molecule has 0 spiro atoms. The molecule has 0 radical (unpaired) electrons. The fourth-order valence-electron chi connectivity index (χ4n) is 3.48. The summed E-state index contributed by atoms with van der Waals surface area (Å²) in [5, 5.41) is 4.69. The lowest BCUT2D eigenvalue weighted by molar-refractivity contribution is -0.0395. The Hall–Kier alpha value is -2.60. The quantitative estimate of drug-likeness (QED) is 0.819. The zero-order valence-corrected chi connectivity index (χ0v) is 15.4. The minimum absolute atomic E-state index is 0.0566. The summed E-state index contributed by atoms with van der Waals surface area (Å²) in [7, 11) is 0. The van der Waals surface area contributed by atoms with Crippen molar-refractivity contribution in [2.24, 2.45) is 0 Å². The number of carbonyl (C=O) groups is 1. The molecule has 0 aliphatic carbocycles. The van der Waals surface area contributed by atoms with Gasteiger partial charge in [0.05, 0.1) is 5.69 Å². The molecule has 27 heavy (non-hydrogen) atoms. The zero-order chi connectivity index (χ0) is 18.5. The summed E-state index contributed by atoms with van der Waals surface area (Å²) < 4.78 is 13.1. The van der Waals surface area contributed by atoms with Gasteiger partial charge in [-0.1, -0.05) is 36.4 Å². The molecule has 1 fully saturated rings. The van der Waals surface area contributed by atoms with Crippen LogP contribution in [0.15, 0.2) is 48.7 Å². The van der Waals surface area contributed by atoms with Gasteiger partial charge in [-0.15, -0.1) is 0 Å². The number of rotatable bonds is 4. The highest BCUT2D eigenvalue weighted by Gasteiger charge is 2.21. The Morgan fingerprint density at radius 1 is 1.22 bits per heavy atom. The van der Waals surface area contributed by atoms with Crippen molar-refractivity contribution in [2.45, 2.75) is 38.5 Å². The summed E-state index contributed by atoms with van der Waals surface area (Å²) in [5.41, 5.74) is 3.15. The molecule has 2 aromatic rings. The number of ether oxygens (including phenoxy) is 2. The first-order valence-corrected chi connectivity index (χ1v) is 9.61. The van der Waals surface area contributed by atoms with Crippen LogP contribution in [0.4, 0.5) is 4.79 Å². The first-order valence-electron chi connectivity index (χ1n) is 9.61. The summed E-state index contributed by atoms with van der Waals surface area (Å²) in [4.78, 5) is 14.0. The van der Waals surface area contributed by atoms with Gasteiger partial charge in [-0.05, 0) is 42.9 Å². The fourth-order valence-corrected chi connectivity index (χ4v) is 3.48. The van der Waals surface area contributed by atoms with Crippen LogP contribution < -0.4 is 0 Å². The fraction of sp³-hybridized carbons (Fsp3) is 0.429. The number of amides is 1. The summed E-state index contributed by atoms with van der Waals surface area (Å²) >= 11 is 0. The van der Waals surface area contributed by atoms with Crippen LogP contribution in [-0.4, -0.2) is 40.5 Å². The lowest BCUT2D eigenvalue weighted by Gasteiger charge is -2.25. The molecule has 2 aliphatic rings. The topological polar surface area (TPSA) is 56.6 Å². The molecule has 1 saturated heterocycles. The Morgan fingerprint density at radius 3 is 2.85 bits per heavy atom. The first-order chi connectivity index (χ1) is 13.3. The predicted octanol–water partition coefficient (Wildman–Crippen LogP) is 4.01. The zero-order valence-electron chi connectivity index (χ0n) is 15.4. The maximum absolute atomic E-state index is 12.3. The summed E-state index contributed by atoms with van der Waals surface area (Å²) in [6.45, 7) is 2.31. The SMILES string of the molecule is O=C(OCc1ccccc1)N1CC=C(c2ccn(C3CCCCO3)n2)CC1. The van der Waals surface area contributed by atoms with E-state index in [0.29, 0.717) is 19.7 Å². The van der Waals surface area contributed by atoms with Crippen LogP contribution >= 0.6 is 0 Å². The lowest BCUT2D eigenvalue weighted by atomic mass is 10.1. The van der Waals surface area contributed by atoms with Gasteiger partial charge < -0.3 is 14.4 Å². The highest BCUT2D eigenvalue weighted by Crippen LogP contribution is 2.25. The third-order valence-corrected chi connectivity index (χ3v) is 5.06. The van der Waals surface area contributed by atoms with Crippen molar-refractivity contribution in [2.75, 3.05) is 19.7 Å². The molecule has 0 saturated carbocycles. The molecule has 0 N–H and O–H groups in total. The van der Waals surface area contributed by atoms with E-state index in [-0.39, 0.29) is 12.3 Å². The van der Waals surface area contributed by atoms with Gasteiger partial charge >= 0.3 is 6.09 Å². The molecule has 2 aliphatic heterocycles. The van der Waals surface area contributed by atoms with E-state index >= 15 is 0 Å². The second kappa shape index (κ2) is 8.39. The summed E-state index contributed by atoms with van der Waals surface area (Å²) in [6.07, 6.45) is 7.96. The highest BCUT2D eigenvalue weighted by molar-refractivity contribution is 5.71. The number of nitrogens with zero attached hydrogens (tertiary/aromatic N) is 3. The van der Waals surface area contributed by atoms with Crippen LogP contribution in [0.2, 0.25) is 0 Å². The molecule has 142 valence electrons. The average Bonchev–Trinajstić information content (AvgIpc) is 3.24. The smallest absolute Gasteiger partial charge is 0.410 e. The van der Waals surface area contributed by atoms with Gasteiger partial charge in [-0.2, -0.15) is 5.10 Å². The van der Waals surface area contributed by atoms with Crippen molar-refractivity contribution in [1.82, 2.24) is 14.7 Å². The molecule has 1 amide bonds. The van der Waals surface area contributed by atoms with Gasteiger partial charge in [0, 0.05) is 25.9 Å². The average molecular weight is 367 g/mol. The van der Waals surface area contributed by atoms with Crippen molar-refractivity contribution in [3.8, 4) is 0 Å². The van der Waals surface area contributed by atoms with E-state index in [0.717, 1.165) is 37.1 Å². The van der Waals surface area contributed by atoms with E-state index in [1.807, 2.05) is 47.3 Å². The Bertz CT molecular complexity index is 794. The molecule has 1 unspecified atom stereocenters. The molecule has 1 aromatic carbocycles. The van der Waals surface area contributed by atoms with Crippen LogP contribution in [0.5, 0.6) is 0 Å². The molecule has 4 rings (SSSR count). The molecule has 6 nitrogen and oxygen atoms in total. The lowest BCUT2D eigenvalue weighted by Crippen LogP contribution is -2.35. The Kier molecular flexibility index (Phi) is 5.53. The van der Waals surface area contributed by atoms with E-state index in [1.165, 1.54) is 12.0 Å². The standard InChI is InChI=1S/C21H25N3O3/c25-21(27-16-17-6-2-1-3-7-17)23-12-9-18(10-13-23)19-11-14-24(22-19)20-8-4-5-15-26-20/h1-3,6-7,9,11,14,20H,4-5,8,10,12-13,15-16H2. The molecule has 3 heterocycles. The van der Waals surface area contributed by atoms with Gasteiger partial charge in [0.25, 0.3) is 0 Å². The predicted molar refractivity (Wildman–Crippen MR) is 102 cm³/mol. The van der Waals surface area contributed by atoms with Crippen LogP contribution in [0, 0.1) is 0 Å². The number of carbonyl (C=O) groups excluding carboxylic acids is 1. The van der Waals surface area contributed by atoms with Gasteiger partial charge in [0.15, 0.2) is 0 Å². The number of benzene rings is 1. The highest BCUT2D eigenvalue weighted by atomic mass is 16.6. The van der Waals surface area contributed by atoms with Gasteiger partial charge in [-0.25, -0.2) is 9.48 Å². The molecular formula is C21H25N3O3. The number of hydrogen-bond acceptors (Lipinski definition) is 4. The molecule has 1 aromatic heterocycles. The summed E-state index contributed by atoms with van der Waals surface area (Å²) in [6, 6.07) is 11.8. The van der Waals surface area contributed by atoms with E-state index in [4.69, 9.17) is 14.6 Å². The molecule has 6 heteroatoms. The van der Waals surface area contributed by atoms with Crippen molar-refractivity contribution in [1.29, 1.82) is 0 Å². The molecule has 1 atom stereocenters. The van der Waals surface area contributed by atoms with Crippen molar-refractivity contribution >= 4 is 11.7 Å². The number of aromatic nitrogens is 2. The molecule has 0 bridgehead atoms. The second-order valence-electron chi connectivity index (χ2n) is 6.97.